The molecule has 184 valence electrons. The molecule has 0 aromatic heterocycles. The van der Waals surface area contributed by atoms with Gasteiger partial charge < -0.3 is 24.8 Å². The maximum absolute atomic E-state index is 13.2. The lowest BCUT2D eigenvalue weighted by atomic mass is 9.98. The summed E-state index contributed by atoms with van der Waals surface area (Å²) in [5.41, 5.74) is 5.48. The third-order valence-corrected chi connectivity index (χ3v) is 6.35. The van der Waals surface area contributed by atoms with Gasteiger partial charge in [-0.3, -0.25) is 4.79 Å². The summed E-state index contributed by atoms with van der Waals surface area (Å²) < 4.78 is 10.8. The smallest absolute Gasteiger partial charge is 0.407 e. The van der Waals surface area contributed by atoms with Gasteiger partial charge in [0.15, 0.2) is 6.10 Å². The molecule has 0 radical (unpaired) electrons. The fourth-order valence-corrected chi connectivity index (χ4v) is 4.58. The van der Waals surface area contributed by atoms with Crippen LogP contribution in [-0.2, 0) is 19.1 Å². The highest BCUT2D eigenvalue weighted by molar-refractivity contribution is 5.87. The molecule has 2 amide bonds. The Morgan fingerprint density at radius 2 is 1.74 bits per heavy atom. The van der Waals surface area contributed by atoms with Gasteiger partial charge in [-0.1, -0.05) is 60.2 Å². The summed E-state index contributed by atoms with van der Waals surface area (Å²) in [7, 11) is 0. The van der Waals surface area contributed by atoms with Crippen LogP contribution >= 0.6 is 0 Å². The molecule has 4 rings (SSSR count). The fourth-order valence-electron chi connectivity index (χ4n) is 4.58. The number of benzene rings is 2. The van der Waals surface area contributed by atoms with E-state index < -0.39 is 24.2 Å². The van der Waals surface area contributed by atoms with E-state index in [1.807, 2.05) is 56.3 Å². The minimum Gasteiger partial charge on any atom is -0.479 e. The molecule has 0 bridgehead atoms. The highest BCUT2D eigenvalue weighted by atomic mass is 16.5. The van der Waals surface area contributed by atoms with Gasteiger partial charge in [-0.25, -0.2) is 9.59 Å². The van der Waals surface area contributed by atoms with Gasteiger partial charge in [0.05, 0.1) is 13.2 Å². The Hall–Kier alpha value is -3.65. The first-order chi connectivity index (χ1) is 16.8. The Bertz CT molecular complexity index is 1090. The molecule has 2 aromatic rings. The molecule has 0 spiro atoms. The van der Waals surface area contributed by atoms with Crippen LogP contribution in [0.1, 0.15) is 37.3 Å². The van der Waals surface area contributed by atoms with Crippen molar-refractivity contribution in [3.63, 3.8) is 0 Å². The van der Waals surface area contributed by atoms with Crippen LogP contribution in [0.15, 0.2) is 60.2 Å². The zero-order valence-electron chi connectivity index (χ0n) is 19.9. The molecule has 1 heterocycles. The number of fused-ring (bicyclic) bond motifs is 3. The number of hydrogen-bond acceptors (Lipinski definition) is 5. The van der Waals surface area contributed by atoms with E-state index >= 15 is 0 Å². The lowest BCUT2D eigenvalue weighted by molar-refractivity contribution is -0.159. The molecule has 8 nitrogen and oxygen atoms in total. The Labute approximate surface area is 204 Å². The number of allylic oxidation sites excluding steroid dienone is 1. The summed E-state index contributed by atoms with van der Waals surface area (Å²) in [5, 5.41) is 11.9. The second-order valence-corrected chi connectivity index (χ2v) is 9.02. The Morgan fingerprint density at radius 1 is 1.11 bits per heavy atom. The number of carboxylic acids is 1. The summed E-state index contributed by atoms with van der Waals surface area (Å²) in [6.45, 7) is 4.28. The number of nitrogens with zero attached hydrogens (tertiary/aromatic N) is 1. The van der Waals surface area contributed by atoms with E-state index in [-0.39, 0.29) is 44.5 Å². The molecule has 2 aliphatic rings. The number of rotatable bonds is 7. The Morgan fingerprint density at radius 3 is 2.34 bits per heavy atom. The molecule has 1 fully saturated rings. The van der Waals surface area contributed by atoms with Crippen LogP contribution < -0.4 is 5.32 Å². The quantitative estimate of drug-likeness (QED) is 0.590. The first-order valence-corrected chi connectivity index (χ1v) is 11.7. The zero-order chi connectivity index (χ0) is 24.9. The molecule has 2 aromatic carbocycles. The topological polar surface area (TPSA) is 105 Å². The van der Waals surface area contributed by atoms with E-state index in [2.05, 4.69) is 17.4 Å². The molecule has 8 heteroatoms. The van der Waals surface area contributed by atoms with Crippen molar-refractivity contribution < 1.29 is 29.0 Å². The number of ether oxygens (including phenoxy) is 2. The van der Waals surface area contributed by atoms with Crippen LogP contribution in [0.5, 0.6) is 0 Å². The van der Waals surface area contributed by atoms with Crippen LogP contribution in [0.25, 0.3) is 11.1 Å². The predicted octanol–water partition coefficient (Wildman–Crippen LogP) is 3.56. The van der Waals surface area contributed by atoms with Crippen molar-refractivity contribution in [3.8, 4) is 11.1 Å². The van der Waals surface area contributed by atoms with Gasteiger partial charge >= 0.3 is 12.1 Å². The van der Waals surface area contributed by atoms with E-state index in [4.69, 9.17) is 9.47 Å². The van der Waals surface area contributed by atoms with Gasteiger partial charge in [0.2, 0.25) is 5.91 Å². The van der Waals surface area contributed by atoms with Crippen molar-refractivity contribution in [3.05, 3.63) is 71.3 Å². The molecule has 1 saturated heterocycles. The van der Waals surface area contributed by atoms with Crippen LogP contribution in [0.2, 0.25) is 0 Å². The number of carboxylic acid groups (broad SMARTS) is 1. The molecule has 1 aliphatic carbocycles. The van der Waals surface area contributed by atoms with E-state index in [1.165, 1.54) is 4.90 Å². The summed E-state index contributed by atoms with van der Waals surface area (Å²) >= 11 is 0. The number of alkyl carbamates (subject to hydrolysis) is 1. The second-order valence-electron chi connectivity index (χ2n) is 9.02. The van der Waals surface area contributed by atoms with Gasteiger partial charge in [-0.05, 0) is 42.5 Å². The summed E-state index contributed by atoms with van der Waals surface area (Å²) in [6.07, 6.45) is 0.378. The van der Waals surface area contributed by atoms with Crippen molar-refractivity contribution in [2.24, 2.45) is 0 Å². The maximum Gasteiger partial charge on any atom is 0.407 e. The highest BCUT2D eigenvalue weighted by Gasteiger charge is 2.34. The SMILES string of the molecule is CC(C)=CCC(NC(=O)OCC1c2ccccc2-c2ccccc21)C(=O)N1CCOC(C(=O)O)C1. The molecule has 2 unspecified atom stereocenters. The molecular formula is C27H30N2O6. The van der Waals surface area contributed by atoms with Crippen molar-refractivity contribution in [1.82, 2.24) is 10.2 Å². The van der Waals surface area contributed by atoms with Crippen molar-refractivity contribution in [2.45, 2.75) is 38.3 Å². The number of morpholine rings is 1. The van der Waals surface area contributed by atoms with Gasteiger partial charge in [0.25, 0.3) is 0 Å². The van der Waals surface area contributed by atoms with E-state index in [0.29, 0.717) is 0 Å². The molecule has 35 heavy (non-hydrogen) atoms. The van der Waals surface area contributed by atoms with Crippen molar-refractivity contribution in [2.75, 3.05) is 26.3 Å². The van der Waals surface area contributed by atoms with Crippen LogP contribution in [-0.4, -0.2) is 66.4 Å². The monoisotopic (exact) mass is 478 g/mol. The van der Waals surface area contributed by atoms with E-state index in [9.17, 15) is 19.5 Å². The van der Waals surface area contributed by atoms with Crippen LogP contribution in [0.3, 0.4) is 0 Å². The number of amides is 2. The average molecular weight is 479 g/mol. The van der Waals surface area contributed by atoms with Crippen LogP contribution in [0.4, 0.5) is 4.79 Å². The molecular weight excluding hydrogens is 448 g/mol. The first-order valence-electron chi connectivity index (χ1n) is 11.7. The number of aliphatic carboxylic acids is 1. The fraction of sp³-hybridized carbons (Fsp3) is 0.370. The number of nitrogens with one attached hydrogen (secondary N) is 1. The molecule has 2 N–H and O–H groups in total. The summed E-state index contributed by atoms with van der Waals surface area (Å²) in [4.78, 5) is 38.7. The highest BCUT2D eigenvalue weighted by Crippen LogP contribution is 2.44. The molecule has 2 atom stereocenters. The average Bonchev–Trinajstić information content (AvgIpc) is 3.18. The zero-order valence-corrected chi connectivity index (χ0v) is 19.9. The minimum atomic E-state index is -1.12. The summed E-state index contributed by atoms with van der Waals surface area (Å²) in [5.74, 6) is -1.56. The largest absolute Gasteiger partial charge is 0.479 e. The molecule has 1 aliphatic heterocycles. The number of hydrogen-bond donors (Lipinski definition) is 2. The van der Waals surface area contributed by atoms with Crippen LogP contribution in [0, 0.1) is 0 Å². The third kappa shape index (κ3) is 5.54. The third-order valence-electron chi connectivity index (χ3n) is 6.35. The van der Waals surface area contributed by atoms with Gasteiger partial charge in [0, 0.05) is 12.5 Å². The van der Waals surface area contributed by atoms with E-state index in [0.717, 1.165) is 27.8 Å². The minimum absolute atomic E-state index is 0.0636. The van der Waals surface area contributed by atoms with Crippen molar-refractivity contribution in [1.29, 1.82) is 0 Å². The van der Waals surface area contributed by atoms with E-state index in [1.54, 1.807) is 0 Å². The standard InChI is InChI=1S/C27H30N2O6/c1-17(2)11-12-23(25(30)29-13-14-34-24(15-29)26(31)32)28-27(33)35-16-22-20-9-5-3-7-18(20)19-8-4-6-10-21(19)22/h3-11,22-24H,12-16H2,1-2H3,(H,28,33)(H,31,32). The Kier molecular flexibility index (Phi) is 7.51. The normalized spacial score (nSPS) is 17.7. The lowest BCUT2D eigenvalue weighted by Crippen LogP contribution is -2.55. The Balaban J connectivity index is 1.44. The van der Waals surface area contributed by atoms with Gasteiger partial charge in [-0.2, -0.15) is 0 Å². The number of carbonyl (C=O) groups excluding carboxylic acids is 2. The van der Waals surface area contributed by atoms with Gasteiger partial charge in [0.1, 0.15) is 12.6 Å². The maximum atomic E-state index is 13.2. The lowest BCUT2D eigenvalue weighted by Gasteiger charge is -2.33. The van der Waals surface area contributed by atoms with Gasteiger partial charge in [-0.15, -0.1) is 0 Å². The molecule has 0 saturated carbocycles. The summed E-state index contributed by atoms with van der Waals surface area (Å²) in [6, 6.07) is 15.3. The van der Waals surface area contributed by atoms with Crippen molar-refractivity contribution >= 4 is 18.0 Å². The first kappa shape index (κ1) is 24.5. The predicted molar refractivity (Wildman–Crippen MR) is 130 cm³/mol. The second kappa shape index (κ2) is 10.7. The number of carbonyl (C=O) groups is 3.